The van der Waals surface area contributed by atoms with Gasteiger partial charge in [0.2, 0.25) is 0 Å². The van der Waals surface area contributed by atoms with Crippen LogP contribution in [0.25, 0.3) is 0 Å². The fourth-order valence-electron chi connectivity index (χ4n) is 3.18. The van der Waals surface area contributed by atoms with Crippen LogP contribution in [0.4, 0.5) is 0 Å². The molecule has 0 unspecified atom stereocenters. The van der Waals surface area contributed by atoms with Gasteiger partial charge in [0, 0.05) is 11.5 Å². The fourth-order valence-corrected chi connectivity index (χ4v) is 3.18. The second-order valence-electron chi connectivity index (χ2n) is 7.14. The molecule has 1 nitrogen and oxygen atoms in total. The van der Waals surface area contributed by atoms with Crippen LogP contribution in [-0.2, 0) is 0 Å². The Morgan fingerprint density at radius 2 is 1.53 bits per heavy atom. The summed E-state index contributed by atoms with van der Waals surface area (Å²) in [6, 6.07) is 8.03. The maximum Gasteiger partial charge on any atom is 0.165 e. The van der Waals surface area contributed by atoms with Crippen LogP contribution < -0.4 is 0 Å². The number of benzene rings is 1. The van der Waals surface area contributed by atoms with E-state index in [1.165, 1.54) is 18.4 Å². The number of aryl methyl sites for hydroxylation is 1. The van der Waals surface area contributed by atoms with Crippen molar-refractivity contribution in [1.29, 1.82) is 0 Å². The van der Waals surface area contributed by atoms with E-state index in [0.29, 0.717) is 11.2 Å². The summed E-state index contributed by atoms with van der Waals surface area (Å²) in [7, 11) is 0. The van der Waals surface area contributed by atoms with Gasteiger partial charge in [-0.25, -0.2) is 0 Å². The molecule has 1 aromatic carbocycles. The van der Waals surface area contributed by atoms with Crippen LogP contribution >= 0.6 is 0 Å². The highest BCUT2D eigenvalue weighted by Gasteiger charge is 2.32. The highest BCUT2D eigenvalue weighted by atomic mass is 16.1. The molecule has 104 valence electrons. The van der Waals surface area contributed by atoms with Crippen molar-refractivity contribution in [2.24, 2.45) is 17.3 Å². The number of hydrogen-bond acceptors (Lipinski definition) is 1. The summed E-state index contributed by atoms with van der Waals surface area (Å²) >= 11 is 0. The summed E-state index contributed by atoms with van der Waals surface area (Å²) in [6.07, 6.45) is 4.53. The Morgan fingerprint density at radius 3 is 2.00 bits per heavy atom. The highest BCUT2D eigenvalue weighted by molar-refractivity contribution is 5.97. The SMILES string of the molecule is Cc1ccc(C(=O)C2CCC(C(C)(C)C)CC2)cc1. The van der Waals surface area contributed by atoms with E-state index in [2.05, 4.69) is 27.7 Å². The lowest BCUT2D eigenvalue weighted by Crippen LogP contribution is -2.28. The molecule has 1 fully saturated rings. The second-order valence-corrected chi connectivity index (χ2v) is 7.14. The van der Waals surface area contributed by atoms with Crippen LogP contribution in [0.3, 0.4) is 0 Å². The van der Waals surface area contributed by atoms with E-state index in [1.807, 2.05) is 24.3 Å². The molecule has 0 saturated heterocycles. The van der Waals surface area contributed by atoms with Gasteiger partial charge in [-0.3, -0.25) is 4.79 Å². The average Bonchev–Trinajstić information content (AvgIpc) is 2.38. The molecule has 0 radical (unpaired) electrons. The van der Waals surface area contributed by atoms with Gasteiger partial charge in [-0.15, -0.1) is 0 Å². The number of Topliss-reactive ketones (excluding diaryl/α,β-unsaturated/α-hetero) is 1. The summed E-state index contributed by atoms with van der Waals surface area (Å²) in [5.41, 5.74) is 2.50. The quantitative estimate of drug-likeness (QED) is 0.680. The van der Waals surface area contributed by atoms with Crippen LogP contribution in [0.5, 0.6) is 0 Å². The van der Waals surface area contributed by atoms with Crippen LogP contribution in [0.2, 0.25) is 0 Å². The molecule has 2 rings (SSSR count). The molecule has 0 heterocycles. The lowest BCUT2D eigenvalue weighted by molar-refractivity contribution is 0.0819. The number of carbonyl (C=O) groups excluding carboxylic acids is 1. The van der Waals surface area contributed by atoms with Crippen molar-refractivity contribution in [1.82, 2.24) is 0 Å². The van der Waals surface area contributed by atoms with Crippen LogP contribution in [0.15, 0.2) is 24.3 Å². The van der Waals surface area contributed by atoms with E-state index >= 15 is 0 Å². The molecule has 0 atom stereocenters. The highest BCUT2D eigenvalue weighted by Crippen LogP contribution is 2.40. The molecule has 0 N–H and O–H groups in total. The molecule has 0 aromatic heterocycles. The molecule has 0 bridgehead atoms. The molecular weight excluding hydrogens is 232 g/mol. The molecule has 1 saturated carbocycles. The first kappa shape index (κ1) is 14.3. The number of carbonyl (C=O) groups is 1. The first-order valence-electron chi connectivity index (χ1n) is 7.49. The average molecular weight is 258 g/mol. The first-order chi connectivity index (χ1) is 8.88. The van der Waals surface area contributed by atoms with Crippen molar-refractivity contribution in [3.8, 4) is 0 Å². The van der Waals surface area contributed by atoms with Crippen molar-refractivity contribution in [2.45, 2.75) is 53.4 Å². The topological polar surface area (TPSA) is 17.1 Å². The predicted molar refractivity (Wildman–Crippen MR) is 80.4 cm³/mol. The van der Waals surface area contributed by atoms with E-state index in [-0.39, 0.29) is 5.92 Å². The normalized spacial score (nSPS) is 24.2. The molecule has 0 aliphatic heterocycles. The van der Waals surface area contributed by atoms with E-state index in [4.69, 9.17) is 0 Å². The number of hydrogen-bond donors (Lipinski definition) is 0. The molecule has 1 aliphatic carbocycles. The summed E-state index contributed by atoms with van der Waals surface area (Å²) in [6.45, 7) is 9.02. The van der Waals surface area contributed by atoms with Gasteiger partial charge in [0.1, 0.15) is 0 Å². The van der Waals surface area contributed by atoms with Crippen LogP contribution in [0.1, 0.15) is 62.4 Å². The second kappa shape index (κ2) is 5.48. The van der Waals surface area contributed by atoms with Gasteiger partial charge in [-0.05, 0) is 43.9 Å². The minimum absolute atomic E-state index is 0.251. The van der Waals surface area contributed by atoms with Crippen molar-refractivity contribution in [2.75, 3.05) is 0 Å². The van der Waals surface area contributed by atoms with E-state index in [9.17, 15) is 4.79 Å². The largest absolute Gasteiger partial charge is 0.294 e. The Bertz CT molecular complexity index is 428. The van der Waals surface area contributed by atoms with Crippen LogP contribution in [-0.4, -0.2) is 5.78 Å². The monoisotopic (exact) mass is 258 g/mol. The summed E-state index contributed by atoms with van der Waals surface area (Å²) in [4.78, 5) is 12.5. The fraction of sp³-hybridized carbons (Fsp3) is 0.611. The molecule has 1 aromatic rings. The standard InChI is InChI=1S/C18H26O/c1-13-5-7-14(8-6-13)17(19)15-9-11-16(12-10-15)18(2,3)4/h5-8,15-16H,9-12H2,1-4H3. The molecule has 1 heteroatoms. The molecule has 0 spiro atoms. The van der Waals surface area contributed by atoms with Gasteiger partial charge in [-0.1, -0.05) is 50.6 Å². The van der Waals surface area contributed by atoms with E-state index < -0.39 is 0 Å². The predicted octanol–water partition coefficient (Wildman–Crippen LogP) is 5.03. The molecular formula is C18H26O. The first-order valence-corrected chi connectivity index (χ1v) is 7.49. The van der Waals surface area contributed by atoms with Crippen LogP contribution in [0, 0.1) is 24.2 Å². The zero-order valence-electron chi connectivity index (χ0n) is 12.7. The van der Waals surface area contributed by atoms with Gasteiger partial charge >= 0.3 is 0 Å². The molecule has 0 amide bonds. The zero-order valence-corrected chi connectivity index (χ0v) is 12.7. The Hall–Kier alpha value is -1.11. The maximum absolute atomic E-state index is 12.5. The minimum Gasteiger partial charge on any atom is -0.294 e. The maximum atomic E-state index is 12.5. The van der Waals surface area contributed by atoms with E-state index in [0.717, 1.165) is 24.3 Å². The van der Waals surface area contributed by atoms with Gasteiger partial charge in [-0.2, -0.15) is 0 Å². The van der Waals surface area contributed by atoms with Crippen molar-refractivity contribution in [3.63, 3.8) is 0 Å². The summed E-state index contributed by atoms with van der Waals surface area (Å²) in [5, 5.41) is 0. The summed E-state index contributed by atoms with van der Waals surface area (Å²) < 4.78 is 0. The zero-order chi connectivity index (χ0) is 14.0. The smallest absolute Gasteiger partial charge is 0.165 e. The lowest BCUT2D eigenvalue weighted by Gasteiger charge is -2.36. The van der Waals surface area contributed by atoms with E-state index in [1.54, 1.807) is 0 Å². The van der Waals surface area contributed by atoms with Gasteiger partial charge in [0.15, 0.2) is 5.78 Å². The summed E-state index contributed by atoms with van der Waals surface area (Å²) in [5.74, 6) is 1.38. The Labute approximate surface area is 117 Å². The minimum atomic E-state index is 0.251. The van der Waals surface area contributed by atoms with Gasteiger partial charge in [0.25, 0.3) is 0 Å². The third-order valence-corrected chi connectivity index (χ3v) is 4.66. The number of rotatable bonds is 2. The van der Waals surface area contributed by atoms with Crippen molar-refractivity contribution >= 4 is 5.78 Å². The lowest BCUT2D eigenvalue weighted by atomic mass is 9.69. The van der Waals surface area contributed by atoms with Crippen molar-refractivity contribution in [3.05, 3.63) is 35.4 Å². The molecule has 19 heavy (non-hydrogen) atoms. The Balaban J connectivity index is 1.98. The molecule has 1 aliphatic rings. The van der Waals surface area contributed by atoms with Gasteiger partial charge in [0.05, 0.1) is 0 Å². The third kappa shape index (κ3) is 3.46. The Morgan fingerprint density at radius 1 is 1.00 bits per heavy atom. The Kier molecular flexibility index (Phi) is 4.13. The number of ketones is 1. The van der Waals surface area contributed by atoms with Crippen molar-refractivity contribution < 1.29 is 4.79 Å². The third-order valence-electron chi connectivity index (χ3n) is 4.66. The van der Waals surface area contributed by atoms with Gasteiger partial charge < -0.3 is 0 Å².